The van der Waals surface area contributed by atoms with Crippen LogP contribution in [0.15, 0.2) is 11.0 Å². The minimum absolute atomic E-state index is 0.222. The van der Waals surface area contributed by atoms with Crippen LogP contribution in [0, 0.1) is 0 Å². The van der Waals surface area contributed by atoms with Crippen LogP contribution in [-0.4, -0.2) is 27.3 Å². The van der Waals surface area contributed by atoms with Gasteiger partial charge in [0.25, 0.3) is 0 Å². The molecule has 1 heterocycles. The Balaban J connectivity index is 3.06. The molecule has 0 atom stereocenters. The van der Waals surface area contributed by atoms with Crippen molar-refractivity contribution in [2.24, 2.45) is 0 Å². The van der Waals surface area contributed by atoms with Crippen LogP contribution >= 0.6 is 0 Å². The van der Waals surface area contributed by atoms with Crippen molar-refractivity contribution in [2.75, 3.05) is 0 Å². The standard InChI is InChI=1S/C4HO4Si/c5-1-2(9)4(7)8-3(1)6/h5H. The lowest BCUT2D eigenvalue weighted by Gasteiger charge is -1.83. The number of ether oxygens (including phenoxy) is 1. The van der Waals surface area contributed by atoms with Gasteiger partial charge in [-0.3, -0.25) is 0 Å². The molecular weight excluding hydrogens is 140 g/mol. The molecule has 0 amide bonds. The van der Waals surface area contributed by atoms with Gasteiger partial charge in [-0.05, 0) is 0 Å². The van der Waals surface area contributed by atoms with E-state index in [0.717, 1.165) is 0 Å². The first-order chi connectivity index (χ1) is 4.13. The van der Waals surface area contributed by atoms with Crippen LogP contribution in [0.3, 0.4) is 0 Å². The molecule has 0 saturated heterocycles. The molecule has 3 radical (unpaired) electrons. The van der Waals surface area contributed by atoms with Crippen molar-refractivity contribution in [3.05, 3.63) is 11.0 Å². The summed E-state index contributed by atoms with van der Waals surface area (Å²) in [5.41, 5.74) is 0. The summed E-state index contributed by atoms with van der Waals surface area (Å²) in [6.45, 7) is 0. The summed E-state index contributed by atoms with van der Waals surface area (Å²) in [5, 5.41) is 8.35. The molecule has 0 fully saturated rings. The Hall–Kier alpha value is -1.10. The van der Waals surface area contributed by atoms with Gasteiger partial charge in [-0.2, -0.15) is 0 Å². The van der Waals surface area contributed by atoms with E-state index < -0.39 is 17.7 Å². The number of rotatable bonds is 0. The fourth-order valence-electron chi connectivity index (χ4n) is 0.382. The van der Waals surface area contributed by atoms with Gasteiger partial charge in [0.2, 0.25) is 5.76 Å². The summed E-state index contributed by atoms with van der Waals surface area (Å²) < 4.78 is 3.94. The van der Waals surface area contributed by atoms with Crippen LogP contribution < -0.4 is 0 Å². The molecule has 0 aromatic rings. The zero-order valence-electron chi connectivity index (χ0n) is 4.17. The zero-order valence-corrected chi connectivity index (χ0v) is 5.17. The van der Waals surface area contributed by atoms with Crippen LogP contribution in [0.2, 0.25) is 0 Å². The molecular formula is C4HO4Si. The van der Waals surface area contributed by atoms with Crippen LogP contribution in [0.5, 0.6) is 0 Å². The maximum Gasteiger partial charge on any atom is 0.381 e. The molecule has 0 aromatic heterocycles. The molecule has 0 spiro atoms. The number of hydrogen-bond donors (Lipinski definition) is 1. The predicted octanol–water partition coefficient (Wildman–Crippen LogP) is -0.992. The molecule has 0 unspecified atom stereocenters. The second-order valence-corrected chi connectivity index (χ2v) is 1.90. The van der Waals surface area contributed by atoms with Gasteiger partial charge in [0.15, 0.2) is 0 Å². The van der Waals surface area contributed by atoms with Gasteiger partial charge in [0.05, 0.1) is 15.4 Å². The van der Waals surface area contributed by atoms with E-state index in [-0.39, 0.29) is 5.20 Å². The largest absolute Gasteiger partial charge is 0.502 e. The number of aliphatic hydroxyl groups is 1. The highest BCUT2D eigenvalue weighted by atomic mass is 28.1. The fourth-order valence-corrected chi connectivity index (χ4v) is 0.535. The fraction of sp³-hybridized carbons (Fsp3) is 0. The average Bonchev–Trinajstić information content (AvgIpc) is 1.98. The number of esters is 2. The van der Waals surface area contributed by atoms with E-state index in [9.17, 15) is 9.59 Å². The lowest BCUT2D eigenvalue weighted by molar-refractivity contribution is -0.152. The van der Waals surface area contributed by atoms with E-state index in [1.807, 2.05) is 0 Å². The number of aliphatic hydroxyl groups excluding tert-OH is 1. The Kier molecular flexibility index (Phi) is 1.13. The van der Waals surface area contributed by atoms with E-state index >= 15 is 0 Å². The van der Waals surface area contributed by atoms with Crippen molar-refractivity contribution in [1.82, 2.24) is 0 Å². The first-order valence-electron chi connectivity index (χ1n) is 2.04. The van der Waals surface area contributed by atoms with Gasteiger partial charge < -0.3 is 9.84 Å². The summed E-state index contributed by atoms with van der Waals surface area (Å²) in [7, 11) is 2.69. The first kappa shape index (κ1) is 6.02. The minimum Gasteiger partial charge on any atom is -0.502 e. The van der Waals surface area contributed by atoms with E-state index in [1.165, 1.54) is 0 Å². The maximum atomic E-state index is 10.3. The second-order valence-electron chi connectivity index (χ2n) is 1.40. The Morgan fingerprint density at radius 1 is 1.33 bits per heavy atom. The van der Waals surface area contributed by atoms with Crippen LogP contribution in [0.25, 0.3) is 0 Å². The van der Waals surface area contributed by atoms with Crippen molar-refractivity contribution < 1.29 is 19.4 Å². The number of carbonyl (C=O) groups excluding carboxylic acids is 2. The lowest BCUT2D eigenvalue weighted by Crippen LogP contribution is -2.01. The molecule has 9 heavy (non-hydrogen) atoms. The van der Waals surface area contributed by atoms with Crippen molar-refractivity contribution >= 4 is 22.2 Å². The maximum absolute atomic E-state index is 10.3. The molecule has 1 aliphatic heterocycles. The minimum atomic E-state index is -1.01. The van der Waals surface area contributed by atoms with Crippen LogP contribution in [-0.2, 0) is 14.3 Å². The third-order valence-electron chi connectivity index (χ3n) is 0.820. The number of carbonyl (C=O) groups is 2. The monoisotopic (exact) mass is 141 g/mol. The second kappa shape index (κ2) is 1.69. The molecule has 5 heteroatoms. The first-order valence-corrected chi connectivity index (χ1v) is 2.54. The van der Waals surface area contributed by atoms with Gasteiger partial charge in [-0.15, -0.1) is 0 Å². The van der Waals surface area contributed by atoms with E-state index in [1.54, 1.807) is 0 Å². The summed E-state index contributed by atoms with van der Waals surface area (Å²) >= 11 is 0. The molecule has 1 aliphatic rings. The highest BCUT2D eigenvalue weighted by Crippen LogP contribution is 2.10. The highest BCUT2D eigenvalue weighted by molar-refractivity contribution is 6.40. The third-order valence-corrected chi connectivity index (χ3v) is 1.26. The third kappa shape index (κ3) is 0.745. The van der Waals surface area contributed by atoms with Crippen LogP contribution in [0.4, 0.5) is 0 Å². The average molecular weight is 141 g/mol. The number of hydrogen-bond acceptors (Lipinski definition) is 4. The molecule has 45 valence electrons. The van der Waals surface area contributed by atoms with Crippen LogP contribution in [0.1, 0.15) is 0 Å². The molecule has 0 bridgehead atoms. The van der Waals surface area contributed by atoms with Crippen molar-refractivity contribution in [3.8, 4) is 0 Å². The molecule has 1 N–H and O–H groups in total. The summed E-state index contributed by atoms with van der Waals surface area (Å²) in [6, 6.07) is 0. The number of cyclic esters (lactones) is 2. The smallest absolute Gasteiger partial charge is 0.381 e. The Morgan fingerprint density at radius 3 is 2.00 bits per heavy atom. The molecule has 0 saturated carbocycles. The van der Waals surface area contributed by atoms with Crippen molar-refractivity contribution in [3.63, 3.8) is 0 Å². The molecule has 4 nitrogen and oxygen atoms in total. The lowest BCUT2D eigenvalue weighted by atomic mass is 10.5. The predicted molar refractivity (Wildman–Crippen MR) is 26.5 cm³/mol. The van der Waals surface area contributed by atoms with Crippen molar-refractivity contribution in [1.29, 1.82) is 0 Å². The Labute approximate surface area is 53.5 Å². The Bertz CT molecular complexity index is 195. The van der Waals surface area contributed by atoms with E-state index in [4.69, 9.17) is 5.11 Å². The van der Waals surface area contributed by atoms with Gasteiger partial charge in [0, 0.05) is 0 Å². The summed E-state index contributed by atoms with van der Waals surface area (Å²) in [4.78, 5) is 20.5. The molecule has 0 aliphatic carbocycles. The molecule has 0 aromatic carbocycles. The Morgan fingerprint density at radius 2 is 1.89 bits per heavy atom. The van der Waals surface area contributed by atoms with Crippen molar-refractivity contribution in [2.45, 2.75) is 0 Å². The van der Waals surface area contributed by atoms with Gasteiger partial charge in [0.1, 0.15) is 0 Å². The highest BCUT2D eigenvalue weighted by Gasteiger charge is 2.28. The quantitative estimate of drug-likeness (QED) is 0.267. The summed E-state index contributed by atoms with van der Waals surface area (Å²) in [5.74, 6) is -2.53. The summed E-state index contributed by atoms with van der Waals surface area (Å²) in [6.07, 6.45) is 0. The van der Waals surface area contributed by atoms with E-state index in [2.05, 4.69) is 15.0 Å². The normalized spacial score (nSPS) is 18.8. The topological polar surface area (TPSA) is 63.6 Å². The zero-order chi connectivity index (χ0) is 7.02. The SMILES string of the molecule is O=C1OC(=O)C([Si])=C1O. The molecule has 1 rings (SSSR count). The van der Waals surface area contributed by atoms with E-state index in [0.29, 0.717) is 0 Å². The van der Waals surface area contributed by atoms with Gasteiger partial charge in [-0.1, -0.05) is 0 Å². The van der Waals surface area contributed by atoms with Gasteiger partial charge >= 0.3 is 11.9 Å². The van der Waals surface area contributed by atoms with Gasteiger partial charge in [-0.25, -0.2) is 9.59 Å².